The molecule has 0 aliphatic carbocycles. The number of carbonyl (C=O) groups is 1. The van der Waals surface area contributed by atoms with Crippen LogP contribution in [0, 0.1) is 5.41 Å². The number of piperidine rings is 1. The topological polar surface area (TPSA) is 60.2 Å². The number of nitrogens with zero attached hydrogens (tertiary/aromatic N) is 3. The van der Waals surface area contributed by atoms with Crippen molar-refractivity contribution in [3.63, 3.8) is 0 Å². The molecule has 1 amide bonds. The molecule has 134 valence electrons. The van der Waals surface area contributed by atoms with E-state index < -0.39 is 0 Å². The molecule has 2 aliphatic heterocycles. The summed E-state index contributed by atoms with van der Waals surface area (Å²) in [6.45, 7) is 8.72. The maximum atomic E-state index is 12.6. The molecule has 0 bridgehead atoms. The zero-order valence-electron chi connectivity index (χ0n) is 14.6. The number of amides is 1. The van der Waals surface area contributed by atoms with Gasteiger partial charge in [-0.15, -0.1) is 0 Å². The predicted molar refractivity (Wildman–Crippen MR) is 91.4 cm³/mol. The Morgan fingerprint density at radius 3 is 2.71 bits per heavy atom. The molecule has 6 nitrogen and oxygen atoms in total. The standard InChI is InChI=1S/C18H29N3O3/c1-18(15-22)5-3-6-20(14-18)13-17(23)21-9-7-19(8-10-21)12-16-4-2-11-24-16/h2,4,11,22H,3,5-10,12-15H2,1H3. The van der Waals surface area contributed by atoms with E-state index in [4.69, 9.17) is 4.42 Å². The molecule has 2 aliphatic rings. The van der Waals surface area contributed by atoms with Crippen LogP contribution in [0.3, 0.4) is 0 Å². The third-order valence-corrected chi connectivity index (χ3v) is 5.29. The summed E-state index contributed by atoms with van der Waals surface area (Å²) in [6, 6.07) is 3.90. The van der Waals surface area contributed by atoms with Crippen molar-refractivity contribution in [3.8, 4) is 0 Å². The number of aliphatic hydroxyl groups excluding tert-OH is 1. The fourth-order valence-electron chi connectivity index (χ4n) is 3.76. The van der Waals surface area contributed by atoms with Crippen LogP contribution < -0.4 is 0 Å². The smallest absolute Gasteiger partial charge is 0.236 e. The monoisotopic (exact) mass is 335 g/mol. The minimum absolute atomic E-state index is 0.0553. The Hall–Kier alpha value is -1.37. The first kappa shape index (κ1) is 17.5. The maximum Gasteiger partial charge on any atom is 0.236 e. The van der Waals surface area contributed by atoms with Crippen molar-refractivity contribution in [2.24, 2.45) is 5.41 Å². The Bertz CT molecular complexity index is 526. The number of hydrogen-bond acceptors (Lipinski definition) is 5. The molecule has 2 saturated heterocycles. The van der Waals surface area contributed by atoms with Gasteiger partial charge in [0.25, 0.3) is 0 Å². The highest BCUT2D eigenvalue weighted by molar-refractivity contribution is 5.78. The van der Waals surface area contributed by atoms with Gasteiger partial charge in [0.15, 0.2) is 0 Å². The second-order valence-corrected chi connectivity index (χ2v) is 7.52. The molecule has 2 fully saturated rings. The van der Waals surface area contributed by atoms with E-state index in [-0.39, 0.29) is 17.9 Å². The normalized spacial score (nSPS) is 26.7. The van der Waals surface area contributed by atoms with Gasteiger partial charge in [0.05, 0.1) is 19.4 Å². The number of aliphatic hydroxyl groups is 1. The van der Waals surface area contributed by atoms with Gasteiger partial charge in [0.1, 0.15) is 5.76 Å². The van der Waals surface area contributed by atoms with Crippen LogP contribution in [0.5, 0.6) is 0 Å². The zero-order chi connectivity index (χ0) is 17.0. The number of piperazine rings is 1. The van der Waals surface area contributed by atoms with E-state index >= 15 is 0 Å². The number of rotatable bonds is 5. The van der Waals surface area contributed by atoms with Gasteiger partial charge in [-0.25, -0.2) is 0 Å². The summed E-state index contributed by atoms with van der Waals surface area (Å²) in [7, 11) is 0. The SMILES string of the molecule is CC1(CO)CCCN(CC(=O)N2CCN(Cc3ccco3)CC2)C1. The Morgan fingerprint density at radius 1 is 1.25 bits per heavy atom. The van der Waals surface area contributed by atoms with E-state index in [9.17, 15) is 9.90 Å². The van der Waals surface area contributed by atoms with Gasteiger partial charge >= 0.3 is 0 Å². The van der Waals surface area contributed by atoms with Gasteiger partial charge in [-0.3, -0.25) is 14.6 Å². The molecule has 0 radical (unpaired) electrons. The van der Waals surface area contributed by atoms with Crippen molar-refractivity contribution < 1.29 is 14.3 Å². The summed E-state index contributed by atoms with van der Waals surface area (Å²) in [5.74, 6) is 1.20. The number of hydrogen-bond donors (Lipinski definition) is 1. The third kappa shape index (κ3) is 4.37. The van der Waals surface area contributed by atoms with Gasteiger partial charge in [-0.1, -0.05) is 6.92 Å². The predicted octanol–water partition coefficient (Wildman–Crippen LogP) is 1.02. The van der Waals surface area contributed by atoms with Crippen LogP contribution in [0.1, 0.15) is 25.5 Å². The van der Waals surface area contributed by atoms with E-state index in [1.807, 2.05) is 17.0 Å². The van der Waals surface area contributed by atoms with Crippen LogP contribution >= 0.6 is 0 Å². The molecule has 3 rings (SSSR count). The van der Waals surface area contributed by atoms with Gasteiger partial charge in [0, 0.05) is 44.7 Å². The molecule has 24 heavy (non-hydrogen) atoms. The average molecular weight is 335 g/mol. The molecule has 0 saturated carbocycles. The molecule has 1 atom stereocenters. The molecule has 1 aromatic rings. The highest BCUT2D eigenvalue weighted by atomic mass is 16.3. The number of carbonyl (C=O) groups excluding carboxylic acids is 1. The van der Waals surface area contributed by atoms with Crippen LogP contribution in [-0.2, 0) is 11.3 Å². The summed E-state index contributed by atoms with van der Waals surface area (Å²) < 4.78 is 5.39. The van der Waals surface area contributed by atoms with E-state index in [0.717, 1.165) is 64.4 Å². The van der Waals surface area contributed by atoms with Crippen molar-refractivity contribution in [1.82, 2.24) is 14.7 Å². The number of likely N-dealkylation sites (tertiary alicyclic amines) is 1. The summed E-state index contributed by atoms with van der Waals surface area (Å²) in [4.78, 5) is 19.1. The van der Waals surface area contributed by atoms with Crippen molar-refractivity contribution in [3.05, 3.63) is 24.2 Å². The van der Waals surface area contributed by atoms with E-state index in [1.165, 1.54) is 0 Å². The first-order chi connectivity index (χ1) is 11.6. The molecule has 0 aromatic carbocycles. The van der Waals surface area contributed by atoms with Gasteiger partial charge < -0.3 is 14.4 Å². The lowest BCUT2D eigenvalue weighted by atomic mass is 9.83. The van der Waals surface area contributed by atoms with Crippen molar-refractivity contribution in [2.75, 3.05) is 52.4 Å². The van der Waals surface area contributed by atoms with Crippen molar-refractivity contribution in [2.45, 2.75) is 26.3 Å². The first-order valence-corrected chi connectivity index (χ1v) is 8.94. The zero-order valence-corrected chi connectivity index (χ0v) is 14.6. The Morgan fingerprint density at radius 2 is 2.04 bits per heavy atom. The van der Waals surface area contributed by atoms with Crippen molar-refractivity contribution in [1.29, 1.82) is 0 Å². The summed E-state index contributed by atoms with van der Waals surface area (Å²) in [6.07, 6.45) is 3.80. The summed E-state index contributed by atoms with van der Waals surface area (Å²) >= 11 is 0. The Kier molecular flexibility index (Phi) is 5.58. The summed E-state index contributed by atoms with van der Waals surface area (Å²) in [5, 5.41) is 9.55. The number of furan rings is 1. The van der Waals surface area contributed by atoms with Gasteiger partial charge in [-0.05, 0) is 31.5 Å². The Labute approximate surface area is 144 Å². The van der Waals surface area contributed by atoms with E-state index in [1.54, 1.807) is 6.26 Å². The lowest BCUT2D eigenvalue weighted by Crippen LogP contribution is -2.53. The molecule has 1 N–H and O–H groups in total. The minimum atomic E-state index is -0.0553. The first-order valence-electron chi connectivity index (χ1n) is 8.94. The van der Waals surface area contributed by atoms with Crippen LogP contribution in [0.4, 0.5) is 0 Å². The second kappa shape index (κ2) is 7.68. The highest BCUT2D eigenvalue weighted by Crippen LogP contribution is 2.28. The van der Waals surface area contributed by atoms with Crippen LogP contribution in [0.2, 0.25) is 0 Å². The Balaban J connectivity index is 1.43. The quantitative estimate of drug-likeness (QED) is 0.870. The molecular formula is C18H29N3O3. The maximum absolute atomic E-state index is 12.6. The van der Waals surface area contributed by atoms with Crippen molar-refractivity contribution >= 4 is 5.91 Å². The van der Waals surface area contributed by atoms with Gasteiger partial charge in [-0.2, -0.15) is 0 Å². The molecular weight excluding hydrogens is 306 g/mol. The molecule has 6 heteroatoms. The fourth-order valence-corrected chi connectivity index (χ4v) is 3.76. The lowest BCUT2D eigenvalue weighted by Gasteiger charge is -2.40. The molecule has 3 heterocycles. The third-order valence-electron chi connectivity index (χ3n) is 5.29. The molecule has 1 aromatic heterocycles. The van der Waals surface area contributed by atoms with E-state index in [0.29, 0.717) is 6.54 Å². The van der Waals surface area contributed by atoms with Crippen LogP contribution in [0.15, 0.2) is 22.8 Å². The molecule has 0 spiro atoms. The van der Waals surface area contributed by atoms with E-state index in [2.05, 4.69) is 16.7 Å². The lowest BCUT2D eigenvalue weighted by molar-refractivity contribution is -0.135. The minimum Gasteiger partial charge on any atom is -0.468 e. The largest absolute Gasteiger partial charge is 0.468 e. The van der Waals surface area contributed by atoms with Crippen LogP contribution in [0.25, 0.3) is 0 Å². The average Bonchev–Trinajstić information content (AvgIpc) is 3.08. The van der Waals surface area contributed by atoms with Crippen LogP contribution in [-0.4, -0.2) is 78.1 Å². The highest BCUT2D eigenvalue weighted by Gasteiger charge is 2.32. The second-order valence-electron chi connectivity index (χ2n) is 7.52. The molecule has 1 unspecified atom stereocenters. The fraction of sp³-hybridized carbons (Fsp3) is 0.722. The van der Waals surface area contributed by atoms with Gasteiger partial charge in [0.2, 0.25) is 5.91 Å². The summed E-state index contributed by atoms with van der Waals surface area (Å²) in [5.41, 5.74) is -0.0553.